The first-order chi connectivity index (χ1) is 52.4. The monoisotopic (exact) mass is 1590 g/mol. The molecule has 2 aromatic heterocycles. The predicted octanol–water partition coefficient (Wildman–Crippen LogP) is 21.5. The number of aliphatic imine (C=N–C) groups is 4. The van der Waals surface area contributed by atoms with Gasteiger partial charge in [-0.05, 0) is 146 Å². The second kappa shape index (κ2) is 30.2. The van der Waals surface area contributed by atoms with Gasteiger partial charge >= 0.3 is 30.1 Å². The van der Waals surface area contributed by atoms with E-state index >= 15 is 4.57 Å². The smallest absolute Gasteiger partial charge is 0.396 e. The summed E-state index contributed by atoms with van der Waals surface area (Å²) in [7, 11) is -10.2. The van der Waals surface area contributed by atoms with Crippen molar-refractivity contribution in [1.29, 1.82) is 0 Å². The maximum absolute atomic E-state index is 16.1. The standard InChI is InChI=1S/C80H48N8S8.C2H8O6P2.Al/c1-9-25-49(26-10-1)89-57-41-42-58(90-50-27-11-2-12-28-50)66-65(57)73-81-74(66)86-76-69-61(93-53-33-17-5-18-34-53)45-46-62(94-54-35-19-6-20-36-54)70(69)78(83-76)88-80-72-64(96-56-39-23-8-24-40-56)48-47-63(95-55-37-21-7-22-38-55)71(72)79(84-80)87-77-68-60(92-52-31-15-4-16-32-52)44-43-59(67(68)75(82-77)85-73)91-51-29-13-3-14-30-51;3-9(4,5)1-2-10(6,7)8;/h1-48H;1-2H2,(H2,3,4,5)(H2,6,7,8);/q-2;;+3/p-1. The van der Waals surface area contributed by atoms with E-state index in [1.54, 1.807) is 47.0 Å². The lowest BCUT2D eigenvalue weighted by Crippen LogP contribution is -2.48. The molecule has 0 saturated carbocycles. The minimum Gasteiger partial charge on any atom is -0.396 e. The Balaban J connectivity index is 1.09. The van der Waals surface area contributed by atoms with Crippen molar-refractivity contribution in [2.24, 2.45) is 30.0 Å². The average molecular weight is 1590 g/mol. The molecule has 1 unspecified atom stereocenters. The summed E-state index contributed by atoms with van der Waals surface area (Å²) in [6, 6.07) is 98.2. The molecule has 3 N–H and O–H groups in total. The lowest BCUT2D eigenvalue weighted by molar-refractivity contribution is 0.361. The van der Waals surface area contributed by atoms with Crippen molar-refractivity contribution in [2.45, 2.75) is 78.3 Å². The van der Waals surface area contributed by atoms with Crippen LogP contribution in [0.5, 0.6) is 0 Å². The molecular formula is C82H55AlN8O6P2S8. The highest BCUT2D eigenvalue weighted by Gasteiger charge is 2.49. The van der Waals surface area contributed by atoms with Crippen molar-refractivity contribution in [2.75, 3.05) is 12.3 Å². The fourth-order valence-corrected chi connectivity index (χ4v) is 27.0. The van der Waals surface area contributed by atoms with Gasteiger partial charge in [-0.1, -0.05) is 240 Å². The van der Waals surface area contributed by atoms with E-state index in [0.717, 1.165) is 78.3 Å². The number of nitrogens with zero attached hydrogens (tertiary/aromatic N) is 8. The first-order valence-corrected chi connectivity index (χ1v) is 45.4. The lowest BCUT2D eigenvalue weighted by atomic mass is 10.1. The van der Waals surface area contributed by atoms with Crippen LogP contribution in [0.25, 0.3) is 21.5 Å². The van der Waals surface area contributed by atoms with Gasteiger partial charge in [-0.3, -0.25) is 9.13 Å². The van der Waals surface area contributed by atoms with Crippen LogP contribution in [-0.2, 0) is 12.7 Å². The van der Waals surface area contributed by atoms with Gasteiger partial charge in [0.2, 0.25) is 0 Å². The third kappa shape index (κ3) is 14.6. The summed E-state index contributed by atoms with van der Waals surface area (Å²) in [5, 5.41) is 2.49. The van der Waals surface area contributed by atoms with Crippen LogP contribution in [0, 0.1) is 0 Å². The first-order valence-electron chi connectivity index (χ1n) is 33.8. The first kappa shape index (κ1) is 70.3. The van der Waals surface area contributed by atoms with Crippen LogP contribution in [0.2, 0.25) is 0 Å². The molecule has 0 spiro atoms. The molecule has 107 heavy (non-hydrogen) atoms. The molecule has 6 heterocycles. The van der Waals surface area contributed by atoms with E-state index in [1.165, 1.54) is 47.0 Å². The summed E-state index contributed by atoms with van der Waals surface area (Å²) in [6.45, 7) is 0. The van der Waals surface area contributed by atoms with Crippen LogP contribution in [-0.4, -0.2) is 72.4 Å². The van der Waals surface area contributed by atoms with E-state index in [9.17, 15) is 19.2 Å². The summed E-state index contributed by atoms with van der Waals surface area (Å²) < 4.78 is 40.6. The zero-order valence-electron chi connectivity index (χ0n) is 56.0. The maximum atomic E-state index is 16.1. The van der Waals surface area contributed by atoms with Gasteiger partial charge in [0.05, 0.1) is 12.3 Å². The number of hydrogen-bond acceptors (Lipinski definition) is 17. The van der Waals surface area contributed by atoms with Gasteiger partial charge in [-0.25, -0.2) is 30.0 Å². The van der Waals surface area contributed by atoms with Crippen LogP contribution >= 0.6 is 109 Å². The van der Waals surface area contributed by atoms with E-state index in [0.29, 0.717) is 67.1 Å². The van der Waals surface area contributed by atoms with Gasteiger partial charge in [0.25, 0.3) is 0 Å². The van der Waals surface area contributed by atoms with Crippen molar-refractivity contribution < 1.29 is 27.4 Å². The fourth-order valence-electron chi connectivity index (χ4n) is 13.0. The summed E-state index contributed by atoms with van der Waals surface area (Å²) >= 11 is 8.05. The second-order valence-electron chi connectivity index (χ2n) is 24.7. The van der Waals surface area contributed by atoms with E-state index in [2.05, 4.69) is 146 Å². The molecule has 6 bridgehead atoms. The van der Waals surface area contributed by atoms with Crippen molar-refractivity contribution in [3.05, 3.63) is 324 Å². The summed E-state index contributed by atoms with van der Waals surface area (Å²) in [5.41, 5.74) is 3.38. The van der Waals surface area contributed by atoms with E-state index in [-0.39, 0.29) is 22.6 Å². The summed E-state index contributed by atoms with van der Waals surface area (Å²) in [6.07, 6.45) is -1.88. The molecule has 4 aliphatic rings. The highest BCUT2D eigenvalue weighted by Crippen LogP contribution is 2.55. The highest BCUT2D eigenvalue weighted by molar-refractivity contribution is 8.01. The number of hydrogen-bond donors (Lipinski definition) is 3. The van der Waals surface area contributed by atoms with Gasteiger partial charge in [0.1, 0.15) is 22.6 Å². The second-order valence-corrected chi connectivity index (χ2v) is 39.7. The molecule has 0 amide bonds. The Bertz CT molecular complexity index is 5890. The van der Waals surface area contributed by atoms with Gasteiger partial charge in [0, 0.05) is 122 Å². The van der Waals surface area contributed by atoms with Gasteiger partial charge in [0.15, 0.2) is 23.3 Å². The molecule has 14 aromatic rings. The SMILES string of the molecule is O=P(O)(O)CCP(=O)(O)[O][Al]1[n]2c3c4c(Sc5ccccc5)ccc(Sc5ccccc5)c4c2N=C2N=C(N=c4c5c(Sc6ccccc6)ccc(Sc6ccccc6)c5c([n]41)=NC1=NC(=N3)c3c(Sc4ccccc4)ccc(Sc4ccccc4)c31)c1c(Sc3ccccc3)ccc(Sc3ccccc3)c12. The Labute approximate surface area is 654 Å². The van der Waals surface area contributed by atoms with Crippen LogP contribution < -0.4 is 11.0 Å². The van der Waals surface area contributed by atoms with E-state index < -0.39 is 42.4 Å². The van der Waals surface area contributed by atoms with Crippen molar-refractivity contribution in [3.8, 4) is 0 Å². The van der Waals surface area contributed by atoms with Crippen LogP contribution in [0.3, 0.4) is 0 Å². The van der Waals surface area contributed by atoms with Gasteiger partial charge in [-0.2, -0.15) is 0 Å². The third-order valence-electron chi connectivity index (χ3n) is 17.6. The highest BCUT2D eigenvalue weighted by atomic mass is 32.2. The Kier molecular flexibility index (Phi) is 19.9. The predicted molar refractivity (Wildman–Crippen MR) is 438 cm³/mol. The molecular weight excluding hydrogens is 1540 g/mol. The Morgan fingerprint density at radius 1 is 0.280 bits per heavy atom. The molecule has 14 nitrogen and oxygen atoms in total. The Hall–Kier alpha value is -8.37. The molecule has 0 saturated heterocycles. The number of rotatable bonds is 21. The van der Waals surface area contributed by atoms with Crippen LogP contribution in [0.15, 0.2) is 399 Å². The van der Waals surface area contributed by atoms with Crippen LogP contribution in [0.1, 0.15) is 22.3 Å². The molecule has 25 heteroatoms. The molecule has 1 atom stereocenters. The fraction of sp³-hybridized carbons (Fsp3) is 0.0244. The zero-order chi connectivity index (χ0) is 72.2. The van der Waals surface area contributed by atoms with Crippen molar-refractivity contribution >= 4 is 181 Å². The van der Waals surface area contributed by atoms with Crippen molar-refractivity contribution in [3.63, 3.8) is 0 Å². The summed E-state index contributed by atoms with van der Waals surface area (Å²) in [5.74, 6) is 1.80. The molecule has 0 aliphatic carbocycles. The molecule has 4 aliphatic heterocycles. The van der Waals surface area contributed by atoms with Crippen LogP contribution in [0.4, 0.5) is 11.6 Å². The quantitative estimate of drug-likeness (QED) is 0.0455. The molecule has 0 radical (unpaired) electrons. The molecule has 12 aromatic carbocycles. The van der Waals surface area contributed by atoms with Gasteiger partial charge in [-0.15, -0.1) is 0 Å². The maximum Gasteiger partial charge on any atom is 0.816 e. The molecule has 18 rings (SSSR count). The number of amidine groups is 4. The minimum absolute atomic E-state index is 0.285. The number of aromatic nitrogens is 2. The average Bonchev–Trinajstić information content (AvgIpc) is 1.53. The topological polar surface area (TPSA) is 188 Å². The third-order valence-corrected chi connectivity index (χ3v) is 32.1. The van der Waals surface area contributed by atoms with Crippen molar-refractivity contribution in [1.82, 2.24) is 7.10 Å². The molecule has 520 valence electrons. The largest absolute Gasteiger partial charge is 0.816 e. The van der Waals surface area contributed by atoms with E-state index in [1.807, 2.05) is 153 Å². The normalized spacial score (nSPS) is 13.9. The lowest BCUT2D eigenvalue weighted by Gasteiger charge is -2.22. The van der Waals surface area contributed by atoms with Gasteiger partial charge < -0.3 is 25.4 Å². The number of benzene rings is 12. The minimum atomic E-state index is -5.21. The van der Waals surface area contributed by atoms with E-state index in [4.69, 9.17) is 33.5 Å². The Morgan fingerprint density at radius 2 is 0.514 bits per heavy atom. The Morgan fingerprint density at radius 3 is 0.776 bits per heavy atom. The zero-order valence-corrected chi connectivity index (χ0v) is 65.5. The summed E-state index contributed by atoms with van der Waals surface area (Å²) in [4.78, 5) is 84.4. The molecule has 0 fully saturated rings. The number of fused-ring (bicyclic) bond motifs is 14.